The largest absolute Gasteiger partial charge is 0.305 e. The van der Waals surface area contributed by atoms with Crippen LogP contribution in [0.3, 0.4) is 0 Å². The topological polar surface area (TPSA) is 87.6 Å². The maximum absolute atomic E-state index is 13.7. The van der Waals surface area contributed by atoms with Gasteiger partial charge in [0, 0.05) is 6.07 Å². The molecule has 17 heavy (non-hydrogen) atoms. The Morgan fingerprint density at radius 1 is 1.35 bits per heavy atom. The van der Waals surface area contributed by atoms with Gasteiger partial charge in [-0.3, -0.25) is 20.3 Å². The monoisotopic (exact) mass is 258 g/mol. The molecule has 0 amide bonds. The maximum atomic E-state index is 13.7. The molecule has 0 aliphatic heterocycles. The van der Waals surface area contributed by atoms with E-state index < -0.39 is 27.8 Å². The van der Waals surface area contributed by atoms with Crippen molar-refractivity contribution < 1.29 is 13.7 Å². The van der Waals surface area contributed by atoms with E-state index in [1.165, 1.54) is 0 Å². The number of aromatic amines is 2. The molecule has 2 N–H and O–H groups in total. The van der Waals surface area contributed by atoms with Crippen LogP contribution in [0.5, 0.6) is 0 Å². The van der Waals surface area contributed by atoms with E-state index in [-0.39, 0.29) is 10.6 Å². The normalized spacial score (nSPS) is 10.5. The van der Waals surface area contributed by atoms with Crippen LogP contribution in [0.2, 0.25) is 0 Å². The van der Waals surface area contributed by atoms with Crippen molar-refractivity contribution in [3.8, 4) is 11.4 Å². The molecule has 0 unspecified atom stereocenters. The van der Waals surface area contributed by atoms with Crippen molar-refractivity contribution in [1.29, 1.82) is 0 Å². The number of nitrogens with zero attached hydrogens (tertiary/aromatic N) is 2. The van der Waals surface area contributed by atoms with Crippen LogP contribution in [0.4, 0.5) is 14.5 Å². The van der Waals surface area contributed by atoms with Gasteiger partial charge in [0.25, 0.3) is 0 Å². The molecule has 0 atom stereocenters. The zero-order valence-corrected chi connectivity index (χ0v) is 8.85. The second-order valence-corrected chi connectivity index (χ2v) is 3.41. The van der Waals surface area contributed by atoms with E-state index in [9.17, 15) is 18.9 Å². The predicted octanol–water partition coefficient (Wildman–Crippen LogP) is 2.32. The summed E-state index contributed by atoms with van der Waals surface area (Å²) in [5.74, 6) is -2.49. The average Bonchev–Trinajstić information content (AvgIpc) is 2.64. The molecule has 9 heteroatoms. The van der Waals surface area contributed by atoms with Crippen molar-refractivity contribution in [2.45, 2.75) is 0 Å². The molecule has 6 nitrogen and oxygen atoms in total. The van der Waals surface area contributed by atoms with E-state index in [4.69, 9.17) is 0 Å². The SMILES string of the molecule is O=[N+]([O-])c1ccc(F)c(-c2nc(=S)[nH][nH]2)c1F. The minimum absolute atomic E-state index is 0.00898. The Kier molecular flexibility index (Phi) is 2.68. The molecular weight excluding hydrogens is 254 g/mol. The Bertz CT molecular complexity index is 651. The van der Waals surface area contributed by atoms with Crippen molar-refractivity contribution in [1.82, 2.24) is 15.2 Å². The summed E-state index contributed by atoms with van der Waals surface area (Å²) in [7, 11) is 0. The molecular formula is C8H4F2N4O2S. The van der Waals surface area contributed by atoms with E-state index in [2.05, 4.69) is 27.4 Å². The third-order valence-electron chi connectivity index (χ3n) is 2.01. The van der Waals surface area contributed by atoms with Gasteiger partial charge in [0.1, 0.15) is 5.82 Å². The van der Waals surface area contributed by atoms with Crippen LogP contribution in [0.25, 0.3) is 11.4 Å². The average molecular weight is 258 g/mol. The predicted molar refractivity (Wildman–Crippen MR) is 55.8 cm³/mol. The summed E-state index contributed by atoms with van der Waals surface area (Å²) in [6, 6.07) is 1.54. The maximum Gasteiger partial charge on any atom is 0.305 e. The summed E-state index contributed by atoms with van der Waals surface area (Å²) in [6.07, 6.45) is 0. The number of aromatic nitrogens is 3. The van der Waals surface area contributed by atoms with Gasteiger partial charge in [-0.25, -0.2) is 4.39 Å². The third-order valence-corrected chi connectivity index (χ3v) is 2.20. The van der Waals surface area contributed by atoms with E-state index in [0.717, 1.165) is 12.1 Å². The molecule has 0 bridgehead atoms. The van der Waals surface area contributed by atoms with Crippen LogP contribution in [-0.2, 0) is 0 Å². The molecule has 2 aromatic rings. The molecule has 0 aliphatic carbocycles. The van der Waals surface area contributed by atoms with Gasteiger partial charge in [-0.15, -0.1) is 0 Å². The first-order valence-corrected chi connectivity index (χ1v) is 4.69. The first-order valence-electron chi connectivity index (χ1n) is 4.28. The molecule has 1 aromatic carbocycles. The first kappa shape index (κ1) is 11.3. The highest BCUT2D eigenvalue weighted by Crippen LogP contribution is 2.29. The van der Waals surface area contributed by atoms with Crippen molar-refractivity contribution in [2.24, 2.45) is 0 Å². The molecule has 0 radical (unpaired) electrons. The lowest BCUT2D eigenvalue weighted by molar-refractivity contribution is -0.387. The van der Waals surface area contributed by atoms with Gasteiger partial charge < -0.3 is 0 Å². The zero-order chi connectivity index (χ0) is 12.6. The summed E-state index contributed by atoms with van der Waals surface area (Å²) in [5, 5.41) is 15.2. The van der Waals surface area contributed by atoms with Crippen molar-refractivity contribution in [3.05, 3.63) is 38.7 Å². The Morgan fingerprint density at radius 2 is 2.06 bits per heavy atom. The van der Waals surface area contributed by atoms with Crippen LogP contribution in [0.1, 0.15) is 0 Å². The van der Waals surface area contributed by atoms with Crippen LogP contribution >= 0.6 is 12.2 Å². The van der Waals surface area contributed by atoms with E-state index in [1.54, 1.807) is 0 Å². The number of nitrogens with one attached hydrogen (secondary N) is 2. The number of hydrogen-bond donors (Lipinski definition) is 2. The number of benzene rings is 1. The van der Waals surface area contributed by atoms with Gasteiger partial charge in [0.2, 0.25) is 10.6 Å². The van der Waals surface area contributed by atoms with Gasteiger partial charge >= 0.3 is 5.69 Å². The third kappa shape index (κ3) is 1.91. The van der Waals surface area contributed by atoms with Crippen LogP contribution in [-0.4, -0.2) is 20.1 Å². The summed E-state index contributed by atoms with van der Waals surface area (Å²) < 4.78 is 27.1. The lowest BCUT2D eigenvalue weighted by Crippen LogP contribution is -1.98. The van der Waals surface area contributed by atoms with Crippen LogP contribution < -0.4 is 0 Å². The Morgan fingerprint density at radius 3 is 2.59 bits per heavy atom. The molecule has 0 spiro atoms. The zero-order valence-electron chi connectivity index (χ0n) is 8.03. The number of nitro groups is 1. The number of rotatable bonds is 2. The minimum Gasteiger partial charge on any atom is -0.281 e. The lowest BCUT2D eigenvalue weighted by Gasteiger charge is -2.01. The molecule has 0 fully saturated rings. The number of nitro benzene ring substituents is 1. The summed E-state index contributed by atoms with van der Waals surface area (Å²) in [4.78, 5) is 13.2. The molecule has 0 saturated carbocycles. The van der Waals surface area contributed by atoms with Crippen molar-refractivity contribution >= 4 is 17.9 Å². The van der Waals surface area contributed by atoms with Crippen molar-refractivity contribution in [3.63, 3.8) is 0 Å². The second-order valence-electron chi connectivity index (χ2n) is 3.03. The van der Waals surface area contributed by atoms with Gasteiger partial charge in [-0.05, 0) is 18.3 Å². The number of hydrogen-bond acceptors (Lipinski definition) is 4. The Hall–Kier alpha value is -2.16. The second kappa shape index (κ2) is 4.01. The summed E-state index contributed by atoms with van der Waals surface area (Å²) >= 11 is 4.63. The smallest absolute Gasteiger partial charge is 0.281 e. The molecule has 1 heterocycles. The van der Waals surface area contributed by atoms with E-state index in [1.807, 2.05) is 0 Å². The number of H-pyrrole nitrogens is 2. The van der Waals surface area contributed by atoms with E-state index in [0.29, 0.717) is 0 Å². The van der Waals surface area contributed by atoms with E-state index >= 15 is 0 Å². The fourth-order valence-corrected chi connectivity index (χ4v) is 1.43. The first-order chi connectivity index (χ1) is 8.00. The number of halogens is 2. The quantitative estimate of drug-likeness (QED) is 0.491. The molecule has 0 saturated heterocycles. The highest BCUT2D eigenvalue weighted by molar-refractivity contribution is 7.71. The molecule has 0 aliphatic rings. The highest BCUT2D eigenvalue weighted by atomic mass is 32.1. The van der Waals surface area contributed by atoms with Gasteiger partial charge in [-0.1, -0.05) is 0 Å². The van der Waals surface area contributed by atoms with Gasteiger partial charge in [-0.2, -0.15) is 9.37 Å². The summed E-state index contributed by atoms with van der Waals surface area (Å²) in [6.45, 7) is 0. The fraction of sp³-hybridized carbons (Fsp3) is 0. The van der Waals surface area contributed by atoms with Gasteiger partial charge in [0.15, 0.2) is 5.82 Å². The summed E-state index contributed by atoms with van der Waals surface area (Å²) in [5.41, 5.74) is -1.45. The minimum atomic E-state index is -1.30. The molecule has 2 rings (SSSR count). The van der Waals surface area contributed by atoms with Crippen LogP contribution in [0.15, 0.2) is 12.1 Å². The lowest BCUT2D eigenvalue weighted by atomic mass is 10.1. The Labute approximate surface area is 97.4 Å². The molecule has 1 aromatic heterocycles. The van der Waals surface area contributed by atoms with Crippen LogP contribution in [0, 0.1) is 26.5 Å². The molecule has 88 valence electrons. The Balaban J connectivity index is 2.72. The fourth-order valence-electron chi connectivity index (χ4n) is 1.29. The van der Waals surface area contributed by atoms with Crippen molar-refractivity contribution in [2.75, 3.05) is 0 Å². The standard InChI is InChI=1S/C8H4F2N4O2S/c9-3-1-2-4(14(15)16)6(10)5(3)7-11-8(17)13-12-7/h1-2H,(H2,11,12,13,17). The van der Waals surface area contributed by atoms with Gasteiger partial charge in [0.05, 0.1) is 10.5 Å². The highest BCUT2D eigenvalue weighted by Gasteiger charge is 2.24.